The fourth-order valence-corrected chi connectivity index (χ4v) is 2.58. The third kappa shape index (κ3) is 3.00. The van der Waals surface area contributed by atoms with Gasteiger partial charge in [-0.15, -0.1) is 11.3 Å². The zero-order valence-corrected chi connectivity index (χ0v) is 12.7. The summed E-state index contributed by atoms with van der Waals surface area (Å²) in [4.78, 5) is 12.5. The molecule has 0 saturated carbocycles. The molecule has 0 aliphatic rings. The number of thiophene rings is 1. The maximum atomic E-state index is 11.9. The smallest absolute Gasteiger partial charge is 0.268 e. The second-order valence-electron chi connectivity index (χ2n) is 4.88. The van der Waals surface area contributed by atoms with Crippen LogP contribution in [0.25, 0.3) is 0 Å². The number of hydrogen-bond donors (Lipinski definition) is 1. The fourth-order valence-electron chi connectivity index (χ4n) is 1.30. The van der Waals surface area contributed by atoms with E-state index in [9.17, 15) is 4.79 Å². The zero-order valence-electron chi connectivity index (χ0n) is 10.3. The summed E-state index contributed by atoms with van der Waals surface area (Å²) in [5, 5.41) is 6.63. The number of anilines is 1. The highest BCUT2D eigenvalue weighted by Crippen LogP contribution is 2.25. The molecule has 2 aromatic heterocycles. The molecule has 2 rings (SSSR count). The van der Waals surface area contributed by atoms with Crippen molar-refractivity contribution in [3.05, 3.63) is 32.6 Å². The Bertz CT molecular complexity index is 569. The molecule has 2 aromatic rings. The molecule has 0 saturated heterocycles. The molecule has 0 aromatic carbocycles. The number of carbonyl (C=O) groups excluding carboxylic acids is 1. The second kappa shape index (κ2) is 4.85. The predicted octanol–water partition coefficient (Wildman–Crippen LogP) is 4.05. The van der Waals surface area contributed by atoms with Crippen molar-refractivity contribution in [2.24, 2.45) is 0 Å². The summed E-state index contributed by atoms with van der Waals surface area (Å²) in [6, 6.07) is 5.34. The molecular formula is C12H13BrN2O2S. The van der Waals surface area contributed by atoms with E-state index in [0.29, 0.717) is 10.8 Å². The molecular weight excluding hydrogens is 316 g/mol. The Kier molecular flexibility index (Phi) is 3.59. The lowest BCUT2D eigenvalue weighted by molar-refractivity contribution is 0.102. The van der Waals surface area contributed by atoms with Gasteiger partial charge in [-0.1, -0.05) is 25.9 Å². The van der Waals surface area contributed by atoms with Crippen LogP contribution >= 0.6 is 27.3 Å². The van der Waals surface area contributed by atoms with Crippen LogP contribution in [0.15, 0.2) is 26.5 Å². The van der Waals surface area contributed by atoms with E-state index in [1.165, 1.54) is 11.3 Å². The van der Waals surface area contributed by atoms with E-state index >= 15 is 0 Å². The molecule has 1 amide bonds. The van der Waals surface area contributed by atoms with E-state index in [-0.39, 0.29) is 11.3 Å². The number of hydrogen-bond acceptors (Lipinski definition) is 4. The first-order chi connectivity index (χ1) is 8.36. The van der Waals surface area contributed by atoms with Gasteiger partial charge in [-0.05, 0) is 28.1 Å². The van der Waals surface area contributed by atoms with Crippen molar-refractivity contribution in [3.8, 4) is 0 Å². The van der Waals surface area contributed by atoms with Gasteiger partial charge in [-0.3, -0.25) is 10.1 Å². The Balaban J connectivity index is 2.10. The van der Waals surface area contributed by atoms with E-state index < -0.39 is 0 Å². The summed E-state index contributed by atoms with van der Waals surface area (Å²) in [5.41, 5.74) is 0.712. The van der Waals surface area contributed by atoms with E-state index in [4.69, 9.17) is 4.52 Å². The maximum absolute atomic E-state index is 11.9. The zero-order chi connectivity index (χ0) is 13.3. The molecule has 6 heteroatoms. The molecule has 1 N–H and O–H groups in total. The van der Waals surface area contributed by atoms with E-state index in [1.54, 1.807) is 12.1 Å². The van der Waals surface area contributed by atoms with Crippen LogP contribution in [0.4, 0.5) is 5.88 Å². The number of rotatable bonds is 2. The maximum Gasteiger partial charge on any atom is 0.268 e. The lowest BCUT2D eigenvalue weighted by Crippen LogP contribution is -2.11. The van der Waals surface area contributed by atoms with Crippen LogP contribution in [0.1, 0.15) is 36.1 Å². The first-order valence-corrected chi connectivity index (χ1v) is 7.01. The second-order valence-corrected chi connectivity index (χ2v) is 7.35. The normalized spacial score (nSPS) is 11.6. The monoisotopic (exact) mass is 328 g/mol. The average Bonchev–Trinajstić information content (AvgIpc) is 2.85. The first kappa shape index (κ1) is 13.3. The van der Waals surface area contributed by atoms with Gasteiger partial charge in [0, 0.05) is 11.5 Å². The largest absolute Gasteiger partial charge is 0.338 e. The van der Waals surface area contributed by atoms with Gasteiger partial charge in [0.1, 0.15) is 0 Å². The number of halogens is 1. The Labute approximate surface area is 117 Å². The van der Waals surface area contributed by atoms with Gasteiger partial charge < -0.3 is 4.52 Å². The van der Waals surface area contributed by atoms with Gasteiger partial charge in [0.15, 0.2) is 0 Å². The van der Waals surface area contributed by atoms with Gasteiger partial charge in [0.25, 0.3) is 5.91 Å². The minimum atomic E-state index is -0.192. The highest BCUT2D eigenvalue weighted by atomic mass is 79.9. The molecule has 0 radical (unpaired) electrons. The Morgan fingerprint density at radius 3 is 2.67 bits per heavy atom. The van der Waals surface area contributed by atoms with Crippen LogP contribution in [-0.4, -0.2) is 11.1 Å². The third-order valence-corrected chi connectivity index (χ3v) is 3.93. The van der Waals surface area contributed by atoms with Crippen LogP contribution in [0, 0.1) is 0 Å². The number of nitrogens with one attached hydrogen (secondary N) is 1. The standard InChI is InChI=1S/C12H13BrN2O2S/c1-12(2,3)8-6-10(17-15-8)14-11(16)7-4-5-9(13)18-7/h4-6H,1-3H3,(H,14,16). The number of nitrogens with zero attached hydrogens (tertiary/aromatic N) is 1. The highest BCUT2D eigenvalue weighted by molar-refractivity contribution is 9.11. The first-order valence-electron chi connectivity index (χ1n) is 5.40. The molecule has 0 aliphatic heterocycles. The van der Waals surface area contributed by atoms with Crippen molar-refractivity contribution in [2.45, 2.75) is 26.2 Å². The van der Waals surface area contributed by atoms with Gasteiger partial charge in [-0.25, -0.2) is 0 Å². The Morgan fingerprint density at radius 2 is 2.17 bits per heavy atom. The Morgan fingerprint density at radius 1 is 1.44 bits per heavy atom. The van der Waals surface area contributed by atoms with Crippen LogP contribution in [-0.2, 0) is 5.41 Å². The summed E-state index contributed by atoms with van der Waals surface area (Å²) < 4.78 is 6.02. The molecule has 0 fully saturated rings. The number of amides is 1. The molecule has 2 heterocycles. The summed E-state index contributed by atoms with van der Waals surface area (Å²) in [6.07, 6.45) is 0. The van der Waals surface area contributed by atoms with Crippen LogP contribution < -0.4 is 5.32 Å². The van der Waals surface area contributed by atoms with Crippen LogP contribution in [0.5, 0.6) is 0 Å². The molecule has 4 nitrogen and oxygen atoms in total. The van der Waals surface area contributed by atoms with Crippen LogP contribution in [0.2, 0.25) is 0 Å². The van der Waals surface area contributed by atoms with Crippen molar-refractivity contribution in [1.82, 2.24) is 5.16 Å². The summed E-state index contributed by atoms with van der Waals surface area (Å²) in [5.74, 6) is 0.178. The van der Waals surface area contributed by atoms with E-state index in [1.807, 2.05) is 26.8 Å². The fraction of sp³-hybridized carbons (Fsp3) is 0.333. The van der Waals surface area contributed by atoms with Gasteiger partial charge >= 0.3 is 0 Å². The van der Waals surface area contributed by atoms with Gasteiger partial charge in [-0.2, -0.15) is 0 Å². The van der Waals surface area contributed by atoms with Crippen molar-refractivity contribution >= 4 is 39.1 Å². The number of aromatic nitrogens is 1. The number of carbonyl (C=O) groups is 1. The summed E-state index contributed by atoms with van der Waals surface area (Å²) in [6.45, 7) is 6.10. The lowest BCUT2D eigenvalue weighted by atomic mass is 9.92. The third-order valence-electron chi connectivity index (χ3n) is 2.31. The van der Waals surface area contributed by atoms with Crippen molar-refractivity contribution < 1.29 is 9.32 Å². The lowest BCUT2D eigenvalue weighted by Gasteiger charge is -2.12. The van der Waals surface area contributed by atoms with Gasteiger partial charge in [0.2, 0.25) is 5.88 Å². The Hall–Kier alpha value is -1.14. The van der Waals surface area contributed by atoms with Crippen molar-refractivity contribution in [2.75, 3.05) is 5.32 Å². The molecule has 0 aliphatic carbocycles. The van der Waals surface area contributed by atoms with E-state index in [2.05, 4.69) is 26.4 Å². The predicted molar refractivity (Wildman–Crippen MR) is 75.2 cm³/mol. The molecule has 0 atom stereocenters. The molecule has 0 bridgehead atoms. The SMILES string of the molecule is CC(C)(C)c1cc(NC(=O)c2ccc(Br)s2)on1. The van der Waals surface area contributed by atoms with Gasteiger partial charge in [0.05, 0.1) is 14.4 Å². The summed E-state index contributed by atoms with van der Waals surface area (Å²) >= 11 is 4.69. The average molecular weight is 329 g/mol. The molecule has 0 spiro atoms. The van der Waals surface area contributed by atoms with Crippen molar-refractivity contribution in [1.29, 1.82) is 0 Å². The molecule has 18 heavy (non-hydrogen) atoms. The minimum absolute atomic E-state index is 0.0988. The molecule has 0 unspecified atom stereocenters. The van der Waals surface area contributed by atoms with Crippen LogP contribution in [0.3, 0.4) is 0 Å². The summed E-state index contributed by atoms with van der Waals surface area (Å²) in [7, 11) is 0. The van der Waals surface area contributed by atoms with E-state index in [0.717, 1.165) is 9.48 Å². The highest BCUT2D eigenvalue weighted by Gasteiger charge is 2.20. The quantitative estimate of drug-likeness (QED) is 0.904. The minimum Gasteiger partial charge on any atom is -0.338 e. The molecule has 96 valence electrons. The topological polar surface area (TPSA) is 55.1 Å². The van der Waals surface area contributed by atoms with Crippen molar-refractivity contribution in [3.63, 3.8) is 0 Å².